The van der Waals surface area contributed by atoms with Gasteiger partial charge < -0.3 is 14.8 Å². The highest BCUT2D eigenvalue weighted by Gasteiger charge is 1.99. The van der Waals surface area contributed by atoms with Crippen molar-refractivity contribution in [3.63, 3.8) is 0 Å². The molecule has 0 aromatic heterocycles. The highest BCUT2D eigenvalue weighted by atomic mass is 16.5. The van der Waals surface area contributed by atoms with Crippen molar-refractivity contribution in [3.8, 4) is 11.5 Å². The molecule has 132 valence electrons. The average molecular weight is 339 g/mol. The Balaban J connectivity index is 1.84. The fourth-order valence-electron chi connectivity index (χ4n) is 2.17. The van der Waals surface area contributed by atoms with Crippen LogP contribution in [-0.2, 0) is 4.79 Å². The van der Waals surface area contributed by atoms with Crippen LogP contribution >= 0.6 is 0 Å². The molecule has 0 fully saturated rings. The lowest BCUT2D eigenvalue weighted by Gasteiger charge is -2.07. The van der Waals surface area contributed by atoms with E-state index in [0.29, 0.717) is 13.2 Å². The van der Waals surface area contributed by atoms with Crippen LogP contribution in [0.5, 0.6) is 11.5 Å². The number of ether oxygens (including phenoxy) is 2. The Morgan fingerprint density at radius 1 is 0.960 bits per heavy atom. The molecule has 0 bridgehead atoms. The Kier molecular flexibility index (Phi) is 7.57. The summed E-state index contributed by atoms with van der Waals surface area (Å²) in [5.74, 6) is 1.47. The van der Waals surface area contributed by atoms with Crippen molar-refractivity contribution in [2.75, 3.05) is 18.5 Å². The number of benzene rings is 2. The molecule has 0 aliphatic heterocycles. The maximum Gasteiger partial charge on any atom is 0.248 e. The topological polar surface area (TPSA) is 47.6 Å². The van der Waals surface area contributed by atoms with E-state index in [9.17, 15) is 4.79 Å². The van der Waals surface area contributed by atoms with Crippen molar-refractivity contribution >= 4 is 17.7 Å². The second-order valence-corrected chi connectivity index (χ2v) is 5.55. The highest BCUT2D eigenvalue weighted by molar-refractivity contribution is 6.01. The highest BCUT2D eigenvalue weighted by Crippen LogP contribution is 2.16. The summed E-state index contributed by atoms with van der Waals surface area (Å²) in [6.45, 7) is 5.43. The lowest BCUT2D eigenvalue weighted by molar-refractivity contribution is -0.111. The Morgan fingerprint density at radius 2 is 1.60 bits per heavy atom. The van der Waals surface area contributed by atoms with Crippen molar-refractivity contribution in [1.29, 1.82) is 0 Å². The number of unbranched alkanes of at least 4 members (excludes halogenated alkanes) is 1. The number of nitrogens with one attached hydrogen (secondary N) is 1. The van der Waals surface area contributed by atoms with Gasteiger partial charge in [0.05, 0.1) is 13.2 Å². The van der Waals surface area contributed by atoms with E-state index >= 15 is 0 Å². The van der Waals surface area contributed by atoms with Gasteiger partial charge in [-0.05, 0) is 61.4 Å². The van der Waals surface area contributed by atoms with Gasteiger partial charge in [-0.2, -0.15) is 0 Å². The van der Waals surface area contributed by atoms with Gasteiger partial charge in [0.2, 0.25) is 5.91 Å². The van der Waals surface area contributed by atoms with Crippen LogP contribution in [-0.4, -0.2) is 19.1 Å². The monoisotopic (exact) mass is 339 g/mol. The SMILES string of the molecule is CCCCOc1ccc(NC(=O)/C=C/c2ccc(OCC)cc2)cc1. The van der Waals surface area contributed by atoms with Gasteiger partial charge in [0.15, 0.2) is 0 Å². The molecule has 2 rings (SSSR count). The van der Waals surface area contributed by atoms with Gasteiger partial charge in [-0.15, -0.1) is 0 Å². The van der Waals surface area contributed by atoms with Gasteiger partial charge in [-0.1, -0.05) is 25.5 Å². The summed E-state index contributed by atoms with van der Waals surface area (Å²) >= 11 is 0. The number of rotatable bonds is 9. The number of carbonyl (C=O) groups is 1. The predicted molar refractivity (Wildman–Crippen MR) is 102 cm³/mol. The summed E-state index contributed by atoms with van der Waals surface area (Å²) in [7, 11) is 0. The third-order valence-corrected chi connectivity index (χ3v) is 3.51. The number of hydrogen-bond acceptors (Lipinski definition) is 3. The first-order valence-corrected chi connectivity index (χ1v) is 8.66. The molecule has 4 nitrogen and oxygen atoms in total. The van der Waals surface area contributed by atoms with Crippen molar-refractivity contribution in [1.82, 2.24) is 0 Å². The summed E-state index contributed by atoms with van der Waals surface area (Å²) in [6.07, 6.45) is 5.43. The minimum Gasteiger partial charge on any atom is -0.494 e. The lowest BCUT2D eigenvalue weighted by Crippen LogP contribution is -2.07. The van der Waals surface area contributed by atoms with Crippen molar-refractivity contribution < 1.29 is 14.3 Å². The average Bonchev–Trinajstić information content (AvgIpc) is 2.63. The Bertz CT molecular complexity index is 675. The van der Waals surface area contributed by atoms with E-state index in [-0.39, 0.29) is 5.91 Å². The third-order valence-electron chi connectivity index (χ3n) is 3.51. The molecule has 0 heterocycles. The van der Waals surface area contributed by atoms with E-state index in [4.69, 9.17) is 9.47 Å². The van der Waals surface area contributed by atoms with Crippen LogP contribution in [0.2, 0.25) is 0 Å². The second-order valence-electron chi connectivity index (χ2n) is 5.55. The number of amides is 1. The zero-order chi connectivity index (χ0) is 17.9. The van der Waals surface area contributed by atoms with Crippen LogP contribution in [0.25, 0.3) is 6.08 Å². The minimum atomic E-state index is -0.173. The van der Waals surface area contributed by atoms with E-state index in [2.05, 4.69) is 12.2 Å². The molecule has 0 atom stereocenters. The maximum atomic E-state index is 12.0. The zero-order valence-electron chi connectivity index (χ0n) is 14.8. The number of carbonyl (C=O) groups excluding carboxylic acids is 1. The van der Waals surface area contributed by atoms with Crippen LogP contribution < -0.4 is 14.8 Å². The maximum absolute atomic E-state index is 12.0. The van der Waals surface area contributed by atoms with Gasteiger partial charge in [0.25, 0.3) is 0 Å². The second kappa shape index (κ2) is 10.2. The summed E-state index contributed by atoms with van der Waals surface area (Å²) < 4.78 is 11.0. The summed E-state index contributed by atoms with van der Waals surface area (Å²) in [4.78, 5) is 12.0. The van der Waals surface area contributed by atoms with Crippen LogP contribution in [0.4, 0.5) is 5.69 Å². The van der Waals surface area contributed by atoms with Gasteiger partial charge in [0, 0.05) is 11.8 Å². The molecular weight excluding hydrogens is 314 g/mol. The molecule has 0 saturated carbocycles. The van der Waals surface area contributed by atoms with Crippen LogP contribution in [0.1, 0.15) is 32.3 Å². The number of anilines is 1. The number of hydrogen-bond donors (Lipinski definition) is 1. The van der Waals surface area contributed by atoms with Crippen LogP contribution in [0.15, 0.2) is 54.6 Å². The van der Waals surface area contributed by atoms with Crippen molar-refractivity contribution in [2.24, 2.45) is 0 Å². The first-order valence-electron chi connectivity index (χ1n) is 8.66. The molecule has 1 amide bonds. The molecule has 2 aromatic rings. The Labute approximate surface area is 149 Å². The van der Waals surface area contributed by atoms with Gasteiger partial charge >= 0.3 is 0 Å². The quantitative estimate of drug-likeness (QED) is 0.521. The minimum absolute atomic E-state index is 0.173. The van der Waals surface area contributed by atoms with Crippen LogP contribution in [0, 0.1) is 0 Å². The summed E-state index contributed by atoms with van der Waals surface area (Å²) in [5, 5.41) is 2.83. The van der Waals surface area contributed by atoms with Crippen molar-refractivity contribution in [2.45, 2.75) is 26.7 Å². The van der Waals surface area contributed by atoms with E-state index in [1.165, 1.54) is 6.08 Å². The molecule has 1 N–H and O–H groups in total. The third kappa shape index (κ3) is 6.71. The molecule has 0 aliphatic rings. The van der Waals surface area contributed by atoms with Crippen molar-refractivity contribution in [3.05, 3.63) is 60.2 Å². The standard InChI is InChI=1S/C21H25NO3/c1-3-5-16-25-20-13-9-18(10-14-20)22-21(23)15-8-17-6-11-19(12-7-17)24-4-2/h6-15H,3-5,16H2,1-2H3,(H,22,23)/b15-8+. The van der Waals surface area contributed by atoms with E-state index < -0.39 is 0 Å². The molecule has 0 radical (unpaired) electrons. The summed E-state index contributed by atoms with van der Waals surface area (Å²) in [6, 6.07) is 15.0. The van der Waals surface area contributed by atoms with Crippen LogP contribution in [0.3, 0.4) is 0 Å². The fourth-order valence-corrected chi connectivity index (χ4v) is 2.17. The molecule has 25 heavy (non-hydrogen) atoms. The molecule has 0 aliphatic carbocycles. The van der Waals surface area contributed by atoms with Gasteiger partial charge in [0.1, 0.15) is 11.5 Å². The molecule has 0 unspecified atom stereocenters. The first-order chi connectivity index (χ1) is 12.2. The van der Waals surface area contributed by atoms with E-state index in [0.717, 1.165) is 35.6 Å². The molecule has 0 spiro atoms. The zero-order valence-corrected chi connectivity index (χ0v) is 14.8. The van der Waals surface area contributed by atoms with Gasteiger partial charge in [-0.3, -0.25) is 4.79 Å². The van der Waals surface area contributed by atoms with E-state index in [1.54, 1.807) is 6.08 Å². The molecular formula is C21H25NO3. The largest absolute Gasteiger partial charge is 0.494 e. The Morgan fingerprint density at radius 3 is 2.24 bits per heavy atom. The predicted octanol–water partition coefficient (Wildman–Crippen LogP) is 4.92. The fraction of sp³-hybridized carbons (Fsp3) is 0.286. The van der Waals surface area contributed by atoms with E-state index in [1.807, 2.05) is 55.5 Å². The smallest absolute Gasteiger partial charge is 0.248 e. The van der Waals surface area contributed by atoms with Gasteiger partial charge in [-0.25, -0.2) is 0 Å². The first kappa shape index (κ1) is 18.6. The summed E-state index contributed by atoms with van der Waals surface area (Å²) in [5.41, 5.74) is 1.68. The lowest BCUT2D eigenvalue weighted by atomic mass is 10.2. The molecule has 4 heteroatoms. The normalized spacial score (nSPS) is 10.6. The molecule has 0 saturated heterocycles. The Hall–Kier alpha value is -2.75. The molecule has 2 aromatic carbocycles.